The van der Waals surface area contributed by atoms with Gasteiger partial charge in [0, 0.05) is 26.7 Å². The topological polar surface area (TPSA) is 57.7 Å². The van der Waals surface area contributed by atoms with Gasteiger partial charge in [0.2, 0.25) is 10.0 Å². The highest BCUT2D eigenvalue weighted by Gasteiger charge is 2.31. The van der Waals surface area contributed by atoms with Crippen LogP contribution in [0.25, 0.3) is 0 Å². The third-order valence-corrected chi connectivity index (χ3v) is 7.41. The van der Waals surface area contributed by atoms with E-state index >= 15 is 0 Å². The largest absolute Gasteiger partial charge is 0.337 e. The van der Waals surface area contributed by atoms with Gasteiger partial charge < -0.3 is 4.90 Å². The molecule has 0 radical (unpaired) electrons. The molecule has 0 spiro atoms. The maximum atomic E-state index is 13.0. The summed E-state index contributed by atoms with van der Waals surface area (Å²) < 4.78 is 40.3. The van der Waals surface area contributed by atoms with Gasteiger partial charge in [-0.2, -0.15) is 4.31 Å². The van der Waals surface area contributed by atoms with Gasteiger partial charge in [0.1, 0.15) is 15.6 Å². The zero-order chi connectivity index (χ0) is 18.7. The summed E-state index contributed by atoms with van der Waals surface area (Å²) in [6.07, 6.45) is 2.72. The number of nitrogens with zero attached hydrogens (tertiary/aromatic N) is 2. The minimum absolute atomic E-state index is 0.0837. The van der Waals surface area contributed by atoms with Crippen LogP contribution < -0.4 is 0 Å². The molecule has 0 unspecified atom stereocenters. The molecule has 2 aromatic rings. The van der Waals surface area contributed by atoms with Crippen LogP contribution in [0.4, 0.5) is 4.39 Å². The predicted molar refractivity (Wildman–Crippen MR) is 99.1 cm³/mol. The molecule has 0 bridgehead atoms. The van der Waals surface area contributed by atoms with Crippen LogP contribution in [-0.2, 0) is 16.6 Å². The first-order valence-electron chi connectivity index (χ1n) is 8.47. The molecule has 0 N–H and O–H groups in total. The molecule has 5 nitrogen and oxygen atoms in total. The number of amides is 1. The molecular formula is C18H21FN2O3S2. The first-order chi connectivity index (χ1) is 12.4. The fourth-order valence-electron chi connectivity index (χ4n) is 3.01. The van der Waals surface area contributed by atoms with Crippen LogP contribution in [-0.4, -0.2) is 43.7 Å². The van der Waals surface area contributed by atoms with Gasteiger partial charge in [-0.05, 0) is 42.0 Å². The van der Waals surface area contributed by atoms with Gasteiger partial charge in [-0.15, -0.1) is 11.3 Å². The molecule has 1 aliphatic rings. The second-order valence-corrected chi connectivity index (χ2v) is 9.19. The molecule has 0 saturated carbocycles. The lowest BCUT2D eigenvalue weighted by Gasteiger charge is -2.26. The number of benzene rings is 1. The molecule has 3 rings (SSSR count). The summed E-state index contributed by atoms with van der Waals surface area (Å²) in [6.45, 7) is 1.27. The summed E-state index contributed by atoms with van der Waals surface area (Å²) in [4.78, 5) is 14.6. The van der Waals surface area contributed by atoms with Crippen LogP contribution in [0, 0.1) is 5.82 Å². The lowest BCUT2D eigenvalue weighted by atomic mass is 10.2. The van der Waals surface area contributed by atoms with Crippen molar-refractivity contribution < 1.29 is 17.6 Å². The fraction of sp³-hybridized carbons (Fsp3) is 0.389. The highest BCUT2D eigenvalue weighted by atomic mass is 32.2. The van der Waals surface area contributed by atoms with E-state index in [1.54, 1.807) is 24.6 Å². The molecule has 0 atom stereocenters. The minimum atomic E-state index is -3.66. The quantitative estimate of drug-likeness (QED) is 0.779. The average Bonchev–Trinajstić information content (AvgIpc) is 3.14. The Morgan fingerprint density at radius 1 is 1.15 bits per heavy atom. The molecular weight excluding hydrogens is 375 g/mol. The second kappa shape index (κ2) is 7.85. The van der Waals surface area contributed by atoms with E-state index in [1.165, 1.54) is 27.4 Å². The third-order valence-electron chi connectivity index (χ3n) is 4.44. The van der Waals surface area contributed by atoms with Crippen molar-refractivity contribution in [2.75, 3.05) is 20.1 Å². The van der Waals surface area contributed by atoms with Gasteiger partial charge >= 0.3 is 0 Å². The maximum absolute atomic E-state index is 13.0. The van der Waals surface area contributed by atoms with Crippen LogP contribution in [0.2, 0.25) is 0 Å². The Bertz CT molecular complexity index is 872. The van der Waals surface area contributed by atoms with Crippen molar-refractivity contribution in [3.05, 3.63) is 52.0 Å². The van der Waals surface area contributed by atoms with Crippen LogP contribution in [0.5, 0.6) is 0 Å². The number of hydrogen-bond acceptors (Lipinski definition) is 4. The number of sulfonamides is 1. The molecule has 1 fully saturated rings. The summed E-state index contributed by atoms with van der Waals surface area (Å²) >= 11 is 1.13. The van der Waals surface area contributed by atoms with Crippen molar-refractivity contribution in [2.45, 2.75) is 30.7 Å². The number of carbonyl (C=O) groups is 1. The van der Waals surface area contributed by atoms with Crippen molar-refractivity contribution in [3.63, 3.8) is 0 Å². The van der Waals surface area contributed by atoms with E-state index in [2.05, 4.69) is 0 Å². The summed E-state index contributed by atoms with van der Waals surface area (Å²) in [5.74, 6) is -0.684. The molecule has 1 aromatic heterocycles. The van der Waals surface area contributed by atoms with Crippen LogP contribution in [0.3, 0.4) is 0 Å². The van der Waals surface area contributed by atoms with Crippen LogP contribution in [0.15, 0.2) is 40.6 Å². The van der Waals surface area contributed by atoms with E-state index in [-0.39, 0.29) is 28.0 Å². The lowest BCUT2D eigenvalue weighted by molar-refractivity contribution is 0.0786. The normalized spacial score (nSPS) is 15.8. The standard InChI is InChI=1S/C18H21FN2O3S2/c1-20(13-14-5-7-15(19)8-6-14)18(22)17-16(9-12-25-17)26(23,24)21-10-3-2-4-11-21/h5-9,12H,2-4,10-11,13H2,1H3. The van der Waals surface area contributed by atoms with Gasteiger partial charge in [-0.1, -0.05) is 18.6 Å². The molecule has 0 aliphatic carbocycles. The Labute approximate surface area is 157 Å². The summed E-state index contributed by atoms with van der Waals surface area (Å²) in [6, 6.07) is 7.40. The van der Waals surface area contributed by atoms with Crippen molar-refractivity contribution in [1.82, 2.24) is 9.21 Å². The molecule has 1 amide bonds. The van der Waals surface area contributed by atoms with E-state index in [4.69, 9.17) is 0 Å². The smallest absolute Gasteiger partial charge is 0.265 e. The molecule has 140 valence electrons. The van der Waals surface area contributed by atoms with E-state index in [9.17, 15) is 17.6 Å². The van der Waals surface area contributed by atoms with Crippen molar-refractivity contribution >= 4 is 27.3 Å². The average molecular weight is 397 g/mol. The number of carbonyl (C=O) groups excluding carboxylic acids is 1. The predicted octanol–water partition coefficient (Wildman–Crippen LogP) is 3.33. The number of piperidine rings is 1. The van der Waals surface area contributed by atoms with E-state index in [1.807, 2.05) is 0 Å². The molecule has 26 heavy (non-hydrogen) atoms. The van der Waals surface area contributed by atoms with Crippen molar-refractivity contribution in [1.29, 1.82) is 0 Å². The molecule has 1 aromatic carbocycles. The zero-order valence-electron chi connectivity index (χ0n) is 14.5. The maximum Gasteiger partial charge on any atom is 0.265 e. The lowest BCUT2D eigenvalue weighted by Crippen LogP contribution is -2.36. The Balaban J connectivity index is 1.80. The number of hydrogen-bond donors (Lipinski definition) is 0. The Morgan fingerprint density at radius 2 is 1.81 bits per heavy atom. The number of thiophene rings is 1. The van der Waals surface area contributed by atoms with Gasteiger partial charge in [0.25, 0.3) is 5.91 Å². The number of rotatable bonds is 5. The third kappa shape index (κ3) is 3.97. The van der Waals surface area contributed by atoms with Gasteiger partial charge in [0.05, 0.1) is 0 Å². The van der Waals surface area contributed by atoms with E-state index in [0.29, 0.717) is 13.1 Å². The van der Waals surface area contributed by atoms with Crippen molar-refractivity contribution in [3.8, 4) is 0 Å². The Hall–Kier alpha value is -1.77. The Kier molecular flexibility index (Phi) is 5.74. The van der Waals surface area contributed by atoms with Gasteiger partial charge in [0.15, 0.2) is 0 Å². The SMILES string of the molecule is CN(Cc1ccc(F)cc1)C(=O)c1sccc1S(=O)(=O)N1CCCCC1. The molecule has 2 heterocycles. The highest BCUT2D eigenvalue weighted by Crippen LogP contribution is 2.28. The minimum Gasteiger partial charge on any atom is -0.337 e. The highest BCUT2D eigenvalue weighted by molar-refractivity contribution is 7.89. The second-order valence-electron chi connectivity index (χ2n) is 6.37. The molecule has 1 saturated heterocycles. The first-order valence-corrected chi connectivity index (χ1v) is 10.8. The summed E-state index contributed by atoms with van der Waals surface area (Å²) in [7, 11) is -2.05. The first kappa shape index (κ1) is 19.0. The van der Waals surface area contributed by atoms with Crippen molar-refractivity contribution in [2.24, 2.45) is 0 Å². The van der Waals surface area contributed by atoms with E-state index in [0.717, 1.165) is 36.2 Å². The van der Waals surface area contributed by atoms with E-state index < -0.39 is 10.0 Å². The van der Waals surface area contributed by atoms with Gasteiger partial charge in [-0.3, -0.25) is 4.79 Å². The summed E-state index contributed by atoms with van der Waals surface area (Å²) in [5.41, 5.74) is 0.777. The van der Waals surface area contributed by atoms with Gasteiger partial charge in [-0.25, -0.2) is 12.8 Å². The van der Waals surface area contributed by atoms with Crippen LogP contribution in [0.1, 0.15) is 34.5 Å². The van der Waals surface area contributed by atoms with Crippen LogP contribution >= 0.6 is 11.3 Å². The number of halogens is 1. The fourth-order valence-corrected chi connectivity index (χ4v) is 5.92. The monoisotopic (exact) mass is 396 g/mol. The molecule has 8 heteroatoms. The summed E-state index contributed by atoms with van der Waals surface area (Å²) in [5, 5.41) is 1.63. The Morgan fingerprint density at radius 3 is 2.46 bits per heavy atom. The zero-order valence-corrected chi connectivity index (χ0v) is 16.2. The molecule has 1 aliphatic heterocycles.